The lowest BCUT2D eigenvalue weighted by molar-refractivity contribution is -0.121. The van der Waals surface area contributed by atoms with Crippen molar-refractivity contribution in [3.8, 4) is 0 Å². The molecule has 1 aromatic rings. The highest BCUT2D eigenvalue weighted by Gasteiger charge is 2.24. The predicted octanol–water partition coefficient (Wildman–Crippen LogP) is 3.09. The van der Waals surface area contributed by atoms with Crippen molar-refractivity contribution in [2.24, 2.45) is 5.92 Å². The molecule has 1 aliphatic heterocycles. The van der Waals surface area contributed by atoms with Crippen molar-refractivity contribution in [1.29, 1.82) is 0 Å². The van der Waals surface area contributed by atoms with Crippen molar-refractivity contribution in [1.82, 2.24) is 4.90 Å². The van der Waals surface area contributed by atoms with Crippen LogP contribution in [0.3, 0.4) is 0 Å². The van der Waals surface area contributed by atoms with Gasteiger partial charge in [-0.15, -0.1) is 0 Å². The highest BCUT2D eigenvalue weighted by molar-refractivity contribution is 5.93. The second-order valence-electron chi connectivity index (χ2n) is 5.83. The topological polar surface area (TPSA) is 32.3 Å². The molecule has 0 bridgehead atoms. The number of hydrogen-bond donors (Lipinski definition) is 1. The number of nitrogens with zero attached hydrogens (tertiary/aromatic N) is 1. The number of amides is 1. The van der Waals surface area contributed by atoms with E-state index in [1.54, 1.807) is 0 Å². The molecule has 1 aromatic carbocycles. The molecule has 0 radical (unpaired) electrons. The molecule has 1 saturated heterocycles. The number of rotatable bonds is 3. The summed E-state index contributed by atoms with van der Waals surface area (Å²) in [5.41, 5.74) is 2.18. The molecule has 1 amide bonds. The van der Waals surface area contributed by atoms with Gasteiger partial charge in [0.1, 0.15) is 0 Å². The molecule has 1 N–H and O–H groups in total. The number of para-hydroxylation sites is 1. The monoisotopic (exact) mass is 260 g/mol. The van der Waals surface area contributed by atoms with Crippen LogP contribution in [0.15, 0.2) is 24.3 Å². The molecule has 0 saturated carbocycles. The summed E-state index contributed by atoms with van der Waals surface area (Å²) >= 11 is 0. The predicted molar refractivity (Wildman–Crippen MR) is 79.4 cm³/mol. The van der Waals surface area contributed by atoms with Crippen LogP contribution < -0.4 is 5.32 Å². The largest absolute Gasteiger partial charge is 0.326 e. The Morgan fingerprint density at radius 3 is 2.79 bits per heavy atom. The summed E-state index contributed by atoms with van der Waals surface area (Å²) in [6, 6.07) is 8.10. The maximum absolute atomic E-state index is 12.4. The van der Waals surface area contributed by atoms with Gasteiger partial charge in [0.25, 0.3) is 0 Å². The molecule has 1 heterocycles. The summed E-state index contributed by atoms with van der Waals surface area (Å²) in [5.74, 6) is 0.712. The minimum Gasteiger partial charge on any atom is -0.326 e. The summed E-state index contributed by atoms with van der Waals surface area (Å²) in [4.78, 5) is 14.6. The third-order valence-corrected chi connectivity index (χ3v) is 3.84. The number of nitrogens with one attached hydrogen (secondary N) is 1. The molecule has 19 heavy (non-hydrogen) atoms. The van der Waals surface area contributed by atoms with E-state index in [0.29, 0.717) is 5.92 Å². The maximum Gasteiger partial charge on any atom is 0.228 e. The molecule has 3 nitrogen and oxygen atoms in total. The van der Waals surface area contributed by atoms with Crippen LogP contribution in [0.1, 0.15) is 38.2 Å². The number of benzene rings is 1. The molecule has 1 atom stereocenters. The van der Waals surface area contributed by atoms with Gasteiger partial charge in [0, 0.05) is 12.2 Å². The molecular formula is C16H24N2O. The van der Waals surface area contributed by atoms with Crippen molar-refractivity contribution in [3.63, 3.8) is 0 Å². The maximum atomic E-state index is 12.4. The molecule has 0 spiro atoms. The third-order valence-electron chi connectivity index (χ3n) is 3.84. The Morgan fingerprint density at radius 2 is 2.11 bits per heavy atom. The van der Waals surface area contributed by atoms with Crippen LogP contribution >= 0.6 is 0 Å². The minimum absolute atomic E-state index is 0.124. The number of carbonyl (C=O) groups is 1. The van der Waals surface area contributed by atoms with E-state index in [1.165, 1.54) is 5.56 Å². The van der Waals surface area contributed by atoms with Gasteiger partial charge in [-0.2, -0.15) is 0 Å². The van der Waals surface area contributed by atoms with Gasteiger partial charge >= 0.3 is 0 Å². The van der Waals surface area contributed by atoms with Crippen molar-refractivity contribution in [2.45, 2.75) is 32.6 Å². The first kappa shape index (κ1) is 14.1. The number of likely N-dealkylation sites (tertiary alicyclic amines) is 1. The van der Waals surface area contributed by atoms with Gasteiger partial charge in [0.2, 0.25) is 5.91 Å². The van der Waals surface area contributed by atoms with Gasteiger partial charge in [-0.1, -0.05) is 32.0 Å². The van der Waals surface area contributed by atoms with Gasteiger partial charge in [-0.25, -0.2) is 0 Å². The molecule has 1 fully saturated rings. The van der Waals surface area contributed by atoms with E-state index in [9.17, 15) is 4.79 Å². The number of anilines is 1. The van der Waals surface area contributed by atoms with Crippen LogP contribution in [0, 0.1) is 5.92 Å². The average molecular weight is 260 g/mol. The summed E-state index contributed by atoms with van der Waals surface area (Å²) in [5, 5.41) is 3.12. The van der Waals surface area contributed by atoms with E-state index in [1.807, 2.05) is 18.2 Å². The first-order chi connectivity index (χ1) is 9.08. The quantitative estimate of drug-likeness (QED) is 0.905. The number of carbonyl (C=O) groups excluding carboxylic acids is 1. The van der Waals surface area contributed by atoms with Gasteiger partial charge < -0.3 is 10.2 Å². The summed E-state index contributed by atoms with van der Waals surface area (Å²) in [6.07, 6.45) is 2.11. The smallest absolute Gasteiger partial charge is 0.228 e. The van der Waals surface area contributed by atoms with E-state index < -0.39 is 0 Å². The summed E-state index contributed by atoms with van der Waals surface area (Å²) < 4.78 is 0. The molecule has 0 aromatic heterocycles. The van der Waals surface area contributed by atoms with Crippen LogP contribution in [0.5, 0.6) is 0 Å². The van der Waals surface area contributed by atoms with Crippen molar-refractivity contribution >= 4 is 11.6 Å². The van der Waals surface area contributed by atoms with Gasteiger partial charge in [-0.3, -0.25) is 4.79 Å². The Kier molecular flexibility index (Phi) is 4.59. The zero-order chi connectivity index (χ0) is 13.8. The molecule has 1 unspecified atom stereocenters. The van der Waals surface area contributed by atoms with E-state index in [4.69, 9.17) is 0 Å². The Morgan fingerprint density at radius 1 is 1.37 bits per heavy atom. The lowest BCUT2D eigenvalue weighted by atomic mass is 9.96. The standard InChI is InChI=1S/C16H24N2O/c1-12(2)14-8-4-5-9-15(14)17-16(19)13-7-6-10-18(3)11-13/h4-5,8-9,12-13H,6-7,10-11H2,1-3H3,(H,17,19). The zero-order valence-corrected chi connectivity index (χ0v) is 12.1. The fourth-order valence-corrected chi connectivity index (χ4v) is 2.73. The minimum atomic E-state index is 0.124. The Hall–Kier alpha value is -1.35. The van der Waals surface area contributed by atoms with E-state index in [-0.39, 0.29) is 11.8 Å². The first-order valence-corrected chi connectivity index (χ1v) is 7.16. The first-order valence-electron chi connectivity index (χ1n) is 7.16. The number of hydrogen-bond acceptors (Lipinski definition) is 2. The van der Waals surface area contributed by atoms with Gasteiger partial charge in [0.15, 0.2) is 0 Å². The van der Waals surface area contributed by atoms with E-state index in [2.05, 4.69) is 37.2 Å². The van der Waals surface area contributed by atoms with Gasteiger partial charge in [-0.05, 0) is 44.0 Å². The second kappa shape index (κ2) is 6.20. The lowest BCUT2D eigenvalue weighted by Crippen LogP contribution is -2.38. The van der Waals surface area contributed by atoms with Gasteiger partial charge in [0.05, 0.1) is 5.92 Å². The normalized spacial score (nSPS) is 20.5. The van der Waals surface area contributed by atoms with Crippen LogP contribution in [-0.2, 0) is 4.79 Å². The van der Waals surface area contributed by atoms with Crippen LogP contribution in [0.2, 0.25) is 0 Å². The fourth-order valence-electron chi connectivity index (χ4n) is 2.73. The molecule has 3 heteroatoms. The van der Waals surface area contributed by atoms with Crippen LogP contribution in [0.25, 0.3) is 0 Å². The lowest BCUT2D eigenvalue weighted by Gasteiger charge is -2.29. The molecule has 2 rings (SSSR count). The Labute approximate surface area is 116 Å². The van der Waals surface area contributed by atoms with Crippen LogP contribution in [-0.4, -0.2) is 30.9 Å². The number of piperidine rings is 1. The molecule has 1 aliphatic rings. The zero-order valence-electron chi connectivity index (χ0n) is 12.1. The average Bonchev–Trinajstić information content (AvgIpc) is 2.39. The Bertz CT molecular complexity index is 442. The summed E-state index contributed by atoms with van der Waals surface area (Å²) in [7, 11) is 2.08. The SMILES string of the molecule is CC(C)c1ccccc1NC(=O)C1CCCN(C)C1. The Balaban J connectivity index is 2.06. The fraction of sp³-hybridized carbons (Fsp3) is 0.562. The molecule has 0 aliphatic carbocycles. The summed E-state index contributed by atoms with van der Waals surface area (Å²) in [6.45, 7) is 6.28. The second-order valence-corrected chi connectivity index (χ2v) is 5.83. The van der Waals surface area contributed by atoms with Crippen LogP contribution in [0.4, 0.5) is 5.69 Å². The highest BCUT2D eigenvalue weighted by Crippen LogP contribution is 2.25. The van der Waals surface area contributed by atoms with Crippen molar-refractivity contribution in [2.75, 3.05) is 25.5 Å². The van der Waals surface area contributed by atoms with Crippen molar-refractivity contribution in [3.05, 3.63) is 29.8 Å². The third kappa shape index (κ3) is 3.57. The van der Waals surface area contributed by atoms with E-state index >= 15 is 0 Å². The van der Waals surface area contributed by atoms with E-state index in [0.717, 1.165) is 31.6 Å². The molecule has 104 valence electrons. The van der Waals surface area contributed by atoms with Crippen molar-refractivity contribution < 1.29 is 4.79 Å². The highest BCUT2D eigenvalue weighted by atomic mass is 16.1. The molecular weight excluding hydrogens is 236 g/mol.